The minimum atomic E-state index is -0.294. The van der Waals surface area contributed by atoms with Crippen LogP contribution in [0.25, 0.3) is 0 Å². The monoisotopic (exact) mass is 516 g/mol. The van der Waals surface area contributed by atoms with E-state index < -0.39 is 0 Å². The SMILES string of the molecule is CC1=CC[C@@H]2[C@@H](C1)c1c(OC(=O)CCCN(C)C)cc(C(C)(C)CCCCC#N)cc1OC2(C)C.Cl. The second-order valence-electron chi connectivity index (χ2n) is 11.9. The number of nitrogens with zero attached hydrogens (tertiary/aromatic N) is 2. The summed E-state index contributed by atoms with van der Waals surface area (Å²) in [6.07, 6.45) is 8.88. The van der Waals surface area contributed by atoms with Crippen molar-refractivity contribution in [2.24, 2.45) is 5.92 Å². The van der Waals surface area contributed by atoms with Crippen LogP contribution in [0.3, 0.4) is 0 Å². The molecule has 2 atom stereocenters. The molecule has 5 nitrogen and oxygen atoms in total. The highest BCUT2D eigenvalue weighted by Crippen LogP contribution is 2.55. The Bertz CT molecular complexity index is 991. The average molecular weight is 517 g/mol. The van der Waals surface area contributed by atoms with Gasteiger partial charge in [0.2, 0.25) is 0 Å². The number of fused-ring (bicyclic) bond motifs is 3. The Labute approximate surface area is 224 Å². The molecule has 1 aromatic rings. The standard InChI is InChI=1S/C30H44N2O3.ClH/c1-21-13-14-24-23(18-21)28-25(34-27(33)12-11-17-32(6)7)19-22(20-26(28)35-30(24,4)5)29(2,3)15-9-8-10-16-31;/h13,19-20,23-24H,8-12,14-15,17-18H2,1-7H3;1H/t23-,24-;/m1./s1. The fourth-order valence-corrected chi connectivity index (χ4v) is 5.65. The molecule has 2 aliphatic rings. The quantitative estimate of drug-likeness (QED) is 0.141. The molecule has 0 unspecified atom stereocenters. The number of ether oxygens (including phenoxy) is 2. The van der Waals surface area contributed by atoms with Crippen LogP contribution in [0.4, 0.5) is 0 Å². The first-order valence-electron chi connectivity index (χ1n) is 13.2. The van der Waals surface area contributed by atoms with E-state index in [4.69, 9.17) is 14.7 Å². The second kappa shape index (κ2) is 12.5. The largest absolute Gasteiger partial charge is 0.487 e. The third kappa shape index (κ3) is 7.26. The predicted octanol–water partition coefficient (Wildman–Crippen LogP) is 7.33. The van der Waals surface area contributed by atoms with Gasteiger partial charge in [0.25, 0.3) is 0 Å². The van der Waals surface area contributed by atoms with Gasteiger partial charge in [-0.1, -0.05) is 31.9 Å². The second-order valence-corrected chi connectivity index (χ2v) is 11.9. The van der Waals surface area contributed by atoms with Gasteiger partial charge in [-0.2, -0.15) is 5.26 Å². The van der Waals surface area contributed by atoms with Gasteiger partial charge in [0.15, 0.2) is 0 Å². The van der Waals surface area contributed by atoms with Crippen LogP contribution in [0.2, 0.25) is 0 Å². The van der Waals surface area contributed by atoms with Crippen LogP contribution in [0.15, 0.2) is 23.8 Å². The van der Waals surface area contributed by atoms with Gasteiger partial charge in [-0.25, -0.2) is 0 Å². The number of hydrogen-bond acceptors (Lipinski definition) is 5. The Balaban J connectivity index is 0.00000456. The van der Waals surface area contributed by atoms with Gasteiger partial charge in [0.1, 0.15) is 17.1 Å². The molecule has 0 saturated carbocycles. The van der Waals surface area contributed by atoms with Crippen molar-refractivity contribution in [2.75, 3.05) is 20.6 Å². The van der Waals surface area contributed by atoms with E-state index in [0.717, 1.165) is 61.9 Å². The summed E-state index contributed by atoms with van der Waals surface area (Å²) in [5.74, 6) is 1.98. The van der Waals surface area contributed by atoms with Crippen LogP contribution >= 0.6 is 12.4 Å². The number of carbonyl (C=O) groups is 1. The van der Waals surface area contributed by atoms with Crippen LogP contribution in [-0.2, 0) is 10.2 Å². The number of halogens is 1. The summed E-state index contributed by atoms with van der Waals surface area (Å²) < 4.78 is 12.8. The molecule has 0 amide bonds. The number of allylic oxidation sites excluding steroid dienone is 2. The summed E-state index contributed by atoms with van der Waals surface area (Å²) in [5.41, 5.74) is 3.16. The van der Waals surface area contributed by atoms with E-state index in [-0.39, 0.29) is 35.3 Å². The lowest BCUT2D eigenvalue weighted by Crippen LogP contribution is -2.45. The van der Waals surface area contributed by atoms with Crippen LogP contribution in [0, 0.1) is 17.2 Å². The van der Waals surface area contributed by atoms with Crippen molar-refractivity contribution >= 4 is 18.4 Å². The Morgan fingerprint density at radius 2 is 1.97 bits per heavy atom. The molecular weight excluding hydrogens is 472 g/mol. The van der Waals surface area contributed by atoms with E-state index in [9.17, 15) is 4.79 Å². The zero-order chi connectivity index (χ0) is 25.8. The van der Waals surface area contributed by atoms with Crippen molar-refractivity contribution in [1.82, 2.24) is 4.90 Å². The maximum Gasteiger partial charge on any atom is 0.311 e. The Kier molecular flexibility index (Phi) is 10.5. The van der Waals surface area contributed by atoms with E-state index in [1.54, 1.807) is 0 Å². The summed E-state index contributed by atoms with van der Waals surface area (Å²) in [5, 5.41) is 8.90. The summed E-state index contributed by atoms with van der Waals surface area (Å²) in [7, 11) is 4.03. The van der Waals surface area contributed by atoms with Crippen molar-refractivity contribution in [3.05, 3.63) is 34.9 Å². The molecule has 1 aliphatic heterocycles. The number of benzene rings is 1. The molecule has 0 aromatic heterocycles. The third-order valence-electron chi connectivity index (χ3n) is 7.82. The minimum Gasteiger partial charge on any atom is -0.487 e. The van der Waals surface area contributed by atoms with E-state index in [2.05, 4.69) is 63.8 Å². The molecule has 200 valence electrons. The Hall–Kier alpha value is -2.03. The van der Waals surface area contributed by atoms with E-state index >= 15 is 0 Å². The van der Waals surface area contributed by atoms with Crippen LogP contribution in [0.1, 0.15) is 103 Å². The molecule has 1 aromatic carbocycles. The van der Waals surface area contributed by atoms with E-state index in [0.29, 0.717) is 24.5 Å². The zero-order valence-corrected chi connectivity index (χ0v) is 24.1. The number of esters is 1. The van der Waals surface area contributed by atoms with Gasteiger partial charge in [0.05, 0.1) is 6.07 Å². The van der Waals surface area contributed by atoms with Gasteiger partial charge in [-0.3, -0.25) is 4.79 Å². The molecule has 0 spiro atoms. The Morgan fingerprint density at radius 3 is 2.64 bits per heavy atom. The van der Waals surface area contributed by atoms with Crippen molar-refractivity contribution in [2.45, 2.75) is 103 Å². The molecule has 0 radical (unpaired) electrons. The van der Waals surface area contributed by atoms with Gasteiger partial charge in [0, 0.05) is 30.2 Å². The Morgan fingerprint density at radius 1 is 1.25 bits per heavy atom. The van der Waals surface area contributed by atoms with E-state index in [1.165, 1.54) is 5.57 Å². The van der Waals surface area contributed by atoms with Crippen LogP contribution in [0.5, 0.6) is 11.5 Å². The van der Waals surface area contributed by atoms with Crippen molar-refractivity contribution in [3.63, 3.8) is 0 Å². The first-order valence-corrected chi connectivity index (χ1v) is 13.2. The van der Waals surface area contributed by atoms with E-state index in [1.807, 2.05) is 14.1 Å². The molecular formula is C30H45ClN2O3. The first kappa shape index (κ1) is 30.2. The molecule has 6 heteroatoms. The van der Waals surface area contributed by atoms with Crippen LogP contribution in [-0.4, -0.2) is 37.1 Å². The molecule has 1 aliphatic carbocycles. The number of carbonyl (C=O) groups excluding carboxylic acids is 1. The highest BCUT2D eigenvalue weighted by Gasteiger charge is 2.46. The summed E-state index contributed by atoms with van der Waals surface area (Å²) in [6, 6.07) is 6.53. The highest BCUT2D eigenvalue weighted by atomic mass is 35.5. The van der Waals surface area contributed by atoms with Gasteiger partial charge >= 0.3 is 5.97 Å². The van der Waals surface area contributed by atoms with Gasteiger partial charge < -0.3 is 14.4 Å². The van der Waals surface area contributed by atoms with Crippen molar-refractivity contribution in [3.8, 4) is 17.6 Å². The smallest absolute Gasteiger partial charge is 0.311 e. The van der Waals surface area contributed by atoms with Crippen molar-refractivity contribution < 1.29 is 14.3 Å². The first-order chi connectivity index (χ1) is 16.4. The lowest BCUT2D eigenvalue weighted by Gasteiger charge is -2.47. The van der Waals surface area contributed by atoms with Crippen molar-refractivity contribution in [1.29, 1.82) is 5.26 Å². The average Bonchev–Trinajstić information content (AvgIpc) is 2.75. The van der Waals surface area contributed by atoms with Crippen LogP contribution < -0.4 is 9.47 Å². The fraction of sp³-hybridized carbons (Fsp3) is 0.667. The summed E-state index contributed by atoms with van der Waals surface area (Å²) in [6.45, 7) is 11.9. The normalized spacial score (nSPS) is 20.2. The highest BCUT2D eigenvalue weighted by molar-refractivity contribution is 5.85. The molecule has 0 saturated heterocycles. The number of hydrogen-bond donors (Lipinski definition) is 0. The number of nitriles is 1. The van der Waals surface area contributed by atoms with Gasteiger partial charge in [-0.05, 0) is 96.6 Å². The topological polar surface area (TPSA) is 62.6 Å². The zero-order valence-electron chi connectivity index (χ0n) is 23.3. The summed E-state index contributed by atoms with van der Waals surface area (Å²) in [4.78, 5) is 15.0. The summed E-state index contributed by atoms with van der Waals surface area (Å²) >= 11 is 0. The number of unbranched alkanes of at least 4 members (excludes halogenated alkanes) is 2. The molecule has 1 heterocycles. The molecule has 0 fully saturated rings. The molecule has 3 rings (SSSR count). The molecule has 0 bridgehead atoms. The predicted molar refractivity (Wildman–Crippen MR) is 148 cm³/mol. The maximum atomic E-state index is 12.9. The fourth-order valence-electron chi connectivity index (χ4n) is 5.65. The number of rotatable bonds is 10. The molecule has 36 heavy (non-hydrogen) atoms. The van der Waals surface area contributed by atoms with Gasteiger partial charge in [-0.15, -0.1) is 12.4 Å². The lowest BCUT2D eigenvalue weighted by atomic mass is 9.66. The minimum absolute atomic E-state index is 0. The third-order valence-corrected chi connectivity index (χ3v) is 7.82. The lowest BCUT2D eigenvalue weighted by molar-refractivity contribution is -0.134. The molecule has 0 N–H and O–H groups in total. The maximum absolute atomic E-state index is 12.9.